The Labute approximate surface area is 158 Å². The van der Waals surface area contributed by atoms with Gasteiger partial charge in [-0.1, -0.05) is 30.3 Å². The summed E-state index contributed by atoms with van der Waals surface area (Å²) in [4.78, 5) is 37.8. The first kappa shape index (κ1) is 18.6. The number of benzene rings is 2. The molecule has 3 amide bonds. The van der Waals surface area contributed by atoms with Crippen LogP contribution in [0, 0.1) is 0 Å². The summed E-state index contributed by atoms with van der Waals surface area (Å²) in [5.41, 5.74) is 2.25. The van der Waals surface area contributed by atoms with E-state index in [9.17, 15) is 14.4 Å². The molecule has 2 aromatic rings. The first-order valence-corrected chi connectivity index (χ1v) is 8.83. The maximum atomic E-state index is 12.7. The second kappa shape index (κ2) is 8.03. The molecule has 1 saturated heterocycles. The lowest BCUT2D eigenvalue weighted by Crippen LogP contribution is -2.31. The van der Waals surface area contributed by atoms with Gasteiger partial charge in [-0.25, -0.2) is 4.79 Å². The average molecular weight is 366 g/mol. The molecule has 1 aliphatic heterocycles. The number of amides is 3. The number of rotatable bonds is 7. The van der Waals surface area contributed by atoms with Gasteiger partial charge in [0.25, 0.3) is 5.91 Å². The number of Topliss-reactive ketones (excluding diaryl/α,β-unsaturated/α-hetero) is 1. The fourth-order valence-corrected chi connectivity index (χ4v) is 3.17. The molecule has 1 heterocycles. The molecule has 1 atom stereocenters. The number of hydrogen-bond donors (Lipinski definition) is 1. The highest BCUT2D eigenvalue weighted by atomic mass is 16.5. The van der Waals surface area contributed by atoms with Gasteiger partial charge < -0.3 is 10.1 Å². The first-order chi connectivity index (χ1) is 13.0. The Morgan fingerprint density at radius 2 is 1.89 bits per heavy atom. The Morgan fingerprint density at radius 3 is 2.56 bits per heavy atom. The SMILES string of the molecule is COc1ccc(C(C)=O)cc1CN1C(=O)N[C@H](CCc2ccccc2)C1=O. The van der Waals surface area contributed by atoms with E-state index in [4.69, 9.17) is 4.74 Å². The van der Waals surface area contributed by atoms with Gasteiger partial charge in [-0.3, -0.25) is 14.5 Å². The van der Waals surface area contributed by atoms with Crippen molar-refractivity contribution in [2.24, 2.45) is 0 Å². The molecule has 6 nitrogen and oxygen atoms in total. The molecule has 0 unspecified atom stereocenters. The van der Waals surface area contributed by atoms with Crippen LogP contribution in [-0.2, 0) is 17.8 Å². The zero-order chi connectivity index (χ0) is 19.4. The molecule has 0 saturated carbocycles. The van der Waals surface area contributed by atoms with Crippen molar-refractivity contribution in [2.45, 2.75) is 32.4 Å². The minimum atomic E-state index is -0.542. The number of hydrogen-bond acceptors (Lipinski definition) is 4. The van der Waals surface area contributed by atoms with E-state index in [0.717, 1.165) is 5.56 Å². The standard InChI is InChI=1S/C21H22N2O4/c1-14(24)16-9-11-19(27-2)17(12-16)13-23-20(25)18(22-21(23)26)10-8-15-6-4-3-5-7-15/h3-7,9,11-12,18H,8,10,13H2,1-2H3,(H,22,26)/t18-/m1/s1. The summed E-state index contributed by atoms with van der Waals surface area (Å²) in [5, 5.41) is 2.75. The third-order valence-electron chi connectivity index (χ3n) is 4.69. The summed E-state index contributed by atoms with van der Waals surface area (Å²) in [5.74, 6) is 0.191. The van der Waals surface area contributed by atoms with E-state index < -0.39 is 12.1 Å². The maximum Gasteiger partial charge on any atom is 0.325 e. The maximum absolute atomic E-state index is 12.7. The fourth-order valence-electron chi connectivity index (χ4n) is 3.17. The highest BCUT2D eigenvalue weighted by Crippen LogP contribution is 2.24. The van der Waals surface area contributed by atoms with Crippen molar-refractivity contribution in [3.05, 3.63) is 65.2 Å². The molecular weight excluding hydrogens is 344 g/mol. The summed E-state index contributed by atoms with van der Waals surface area (Å²) in [6, 6.07) is 13.9. The third kappa shape index (κ3) is 4.16. The van der Waals surface area contributed by atoms with Crippen molar-refractivity contribution in [3.63, 3.8) is 0 Å². The molecule has 140 valence electrons. The van der Waals surface area contributed by atoms with Crippen molar-refractivity contribution in [1.82, 2.24) is 10.2 Å². The summed E-state index contributed by atoms with van der Waals surface area (Å²) < 4.78 is 5.31. The van der Waals surface area contributed by atoms with Gasteiger partial charge >= 0.3 is 6.03 Å². The zero-order valence-electron chi connectivity index (χ0n) is 15.4. The van der Waals surface area contributed by atoms with Crippen LogP contribution in [-0.4, -0.2) is 35.8 Å². The minimum Gasteiger partial charge on any atom is -0.496 e. The highest BCUT2D eigenvalue weighted by Gasteiger charge is 2.37. The lowest BCUT2D eigenvalue weighted by molar-refractivity contribution is -0.128. The van der Waals surface area contributed by atoms with E-state index in [2.05, 4.69) is 5.32 Å². The van der Waals surface area contributed by atoms with Crippen LogP contribution < -0.4 is 10.1 Å². The lowest BCUT2D eigenvalue weighted by Gasteiger charge is -2.16. The monoisotopic (exact) mass is 366 g/mol. The van der Waals surface area contributed by atoms with Gasteiger partial charge in [0.15, 0.2) is 5.78 Å². The van der Waals surface area contributed by atoms with Crippen LogP contribution in [0.5, 0.6) is 5.75 Å². The van der Waals surface area contributed by atoms with Crippen LogP contribution in [0.3, 0.4) is 0 Å². The second-order valence-electron chi connectivity index (χ2n) is 6.53. The molecule has 1 fully saturated rings. The van der Waals surface area contributed by atoms with Gasteiger partial charge in [-0.05, 0) is 43.5 Å². The van der Waals surface area contributed by atoms with E-state index in [1.54, 1.807) is 18.2 Å². The Balaban J connectivity index is 1.72. The predicted octanol–water partition coefficient (Wildman–Crippen LogP) is 2.95. The number of nitrogens with zero attached hydrogens (tertiary/aromatic N) is 1. The molecule has 0 aliphatic carbocycles. The highest BCUT2D eigenvalue weighted by molar-refractivity contribution is 6.04. The molecule has 1 N–H and O–H groups in total. The smallest absolute Gasteiger partial charge is 0.325 e. The van der Waals surface area contributed by atoms with Crippen molar-refractivity contribution >= 4 is 17.7 Å². The number of imide groups is 1. The van der Waals surface area contributed by atoms with Gasteiger partial charge in [0.2, 0.25) is 0 Å². The number of urea groups is 1. The number of aryl methyl sites for hydroxylation is 1. The topological polar surface area (TPSA) is 75.7 Å². The van der Waals surface area contributed by atoms with Crippen LogP contribution in [0.25, 0.3) is 0 Å². The number of carbonyl (C=O) groups is 3. The molecule has 6 heteroatoms. The average Bonchev–Trinajstić information content (AvgIpc) is 2.94. The fraction of sp³-hybridized carbons (Fsp3) is 0.286. The van der Waals surface area contributed by atoms with Gasteiger partial charge in [0, 0.05) is 11.1 Å². The Bertz CT molecular complexity index is 864. The summed E-state index contributed by atoms with van der Waals surface area (Å²) >= 11 is 0. The molecule has 0 radical (unpaired) electrons. The van der Waals surface area contributed by atoms with Crippen molar-refractivity contribution in [1.29, 1.82) is 0 Å². The van der Waals surface area contributed by atoms with Crippen molar-refractivity contribution in [3.8, 4) is 5.75 Å². The first-order valence-electron chi connectivity index (χ1n) is 8.83. The quantitative estimate of drug-likeness (QED) is 0.604. The van der Waals surface area contributed by atoms with E-state index >= 15 is 0 Å². The van der Waals surface area contributed by atoms with E-state index in [1.165, 1.54) is 18.9 Å². The summed E-state index contributed by atoms with van der Waals surface area (Å²) in [6.07, 6.45) is 1.24. The van der Waals surface area contributed by atoms with Crippen LogP contribution in [0.2, 0.25) is 0 Å². The molecule has 0 aromatic heterocycles. The molecular formula is C21H22N2O4. The summed E-state index contributed by atoms with van der Waals surface area (Å²) in [7, 11) is 1.51. The van der Waals surface area contributed by atoms with Crippen LogP contribution in [0.1, 0.15) is 34.8 Å². The van der Waals surface area contributed by atoms with Gasteiger partial charge in [0.1, 0.15) is 11.8 Å². The number of nitrogens with one attached hydrogen (secondary N) is 1. The number of carbonyl (C=O) groups excluding carboxylic acids is 3. The Hall–Kier alpha value is -3.15. The van der Waals surface area contributed by atoms with Crippen LogP contribution in [0.15, 0.2) is 48.5 Å². The number of methoxy groups -OCH3 is 1. The largest absolute Gasteiger partial charge is 0.496 e. The van der Waals surface area contributed by atoms with E-state index in [1.807, 2.05) is 30.3 Å². The molecule has 2 aromatic carbocycles. The normalized spacial score (nSPS) is 16.4. The number of ether oxygens (including phenoxy) is 1. The number of ketones is 1. The van der Waals surface area contributed by atoms with Gasteiger partial charge in [-0.15, -0.1) is 0 Å². The molecule has 0 spiro atoms. The Morgan fingerprint density at radius 1 is 1.15 bits per heavy atom. The van der Waals surface area contributed by atoms with Crippen molar-refractivity contribution < 1.29 is 19.1 Å². The Kier molecular flexibility index (Phi) is 5.54. The minimum absolute atomic E-state index is 0.0663. The molecule has 0 bridgehead atoms. The van der Waals surface area contributed by atoms with Crippen LogP contribution in [0.4, 0.5) is 4.79 Å². The predicted molar refractivity (Wildman–Crippen MR) is 101 cm³/mol. The van der Waals surface area contributed by atoms with Crippen LogP contribution >= 0.6 is 0 Å². The third-order valence-corrected chi connectivity index (χ3v) is 4.69. The molecule has 1 aliphatic rings. The van der Waals surface area contributed by atoms with Gasteiger partial charge in [0.05, 0.1) is 13.7 Å². The molecule has 3 rings (SSSR count). The zero-order valence-corrected chi connectivity index (χ0v) is 15.4. The molecule has 27 heavy (non-hydrogen) atoms. The van der Waals surface area contributed by atoms with E-state index in [-0.39, 0.29) is 18.2 Å². The van der Waals surface area contributed by atoms with Crippen molar-refractivity contribution in [2.75, 3.05) is 7.11 Å². The summed E-state index contributed by atoms with van der Waals surface area (Å²) in [6.45, 7) is 1.54. The second-order valence-corrected chi connectivity index (χ2v) is 6.53. The van der Waals surface area contributed by atoms with E-state index in [0.29, 0.717) is 29.7 Å². The van der Waals surface area contributed by atoms with Gasteiger partial charge in [-0.2, -0.15) is 0 Å². The lowest BCUT2D eigenvalue weighted by atomic mass is 10.0.